The molecule has 0 unspecified atom stereocenters. The molecule has 0 aliphatic carbocycles. The number of unbranched alkanes of at least 4 members (excludes halogenated alkanes) is 29. The Balaban J connectivity index is 4.35. The molecular weight excluding hydrogens is 747 g/mol. The summed E-state index contributed by atoms with van der Waals surface area (Å²) in [7, 11) is 0. The van der Waals surface area contributed by atoms with Crippen LogP contribution in [0.25, 0.3) is 0 Å². The highest BCUT2D eigenvalue weighted by Crippen LogP contribution is 2.14. The lowest BCUT2D eigenvalue weighted by atomic mass is 10.1. The Labute approximate surface area is 374 Å². The van der Waals surface area contributed by atoms with E-state index in [2.05, 4.69) is 32.6 Å². The van der Waals surface area contributed by atoms with Gasteiger partial charge in [0.05, 0.1) is 13.2 Å². The van der Waals surface area contributed by atoms with Crippen LogP contribution in [-0.4, -0.2) is 97.6 Å². The fourth-order valence-electron chi connectivity index (χ4n) is 8.14. The second-order valence-electron chi connectivity index (χ2n) is 18.1. The van der Waals surface area contributed by atoms with Crippen LogP contribution in [0.2, 0.25) is 0 Å². The molecule has 2 amide bonds. The number of aliphatic hydroxyl groups excluding tert-OH is 1. The molecule has 60 heavy (non-hydrogen) atoms. The topological polar surface area (TPSA) is 82.5 Å². The Morgan fingerprint density at radius 3 is 0.833 bits per heavy atom. The average molecular weight is 852 g/mol. The third-order valence-electron chi connectivity index (χ3n) is 12.2. The Hall–Kier alpha value is -1.54. The van der Waals surface area contributed by atoms with Crippen molar-refractivity contribution in [3.8, 4) is 0 Å². The smallest absolute Gasteiger partial charge is 0.409 e. The molecule has 8 nitrogen and oxygen atoms in total. The molecule has 0 spiro atoms. The lowest BCUT2D eigenvalue weighted by molar-refractivity contribution is 0.0982. The maximum Gasteiger partial charge on any atom is 0.409 e. The number of amides is 2. The maximum absolute atomic E-state index is 13.0. The van der Waals surface area contributed by atoms with E-state index in [1.165, 1.54) is 167 Å². The molecule has 0 heterocycles. The minimum absolute atomic E-state index is 0.0985. The molecule has 0 aromatic rings. The molecule has 0 atom stereocenters. The van der Waals surface area contributed by atoms with Crippen molar-refractivity contribution < 1.29 is 24.2 Å². The second kappa shape index (κ2) is 48.5. The first-order valence-corrected chi connectivity index (χ1v) is 26.7. The van der Waals surface area contributed by atoms with Gasteiger partial charge in [-0.15, -0.1) is 0 Å². The van der Waals surface area contributed by atoms with E-state index in [0.29, 0.717) is 13.2 Å². The molecule has 0 aromatic heterocycles. The zero-order valence-corrected chi connectivity index (χ0v) is 40.9. The summed E-state index contributed by atoms with van der Waals surface area (Å²) in [5.74, 6) is 0. The Morgan fingerprint density at radius 1 is 0.317 bits per heavy atom. The van der Waals surface area contributed by atoms with Gasteiger partial charge in [0.25, 0.3) is 0 Å². The highest BCUT2D eigenvalue weighted by atomic mass is 16.6. The number of rotatable bonds is 48. The standard InChI is InChI=1S/C52H105N3O5/c1-5-9-13-17-25-33-44-54(45-34-26-18-14-10-6-2)51(57)59-49-39-29-21-23-31-41-53(43-37-38-48-56)42-32-24-22-30-40-50-60-52(58)55(46-35-27-19-15-11-7-3)47-36-28-20-16-12-8-4/h56H,5-50H2,1-4H3. The first-order valence-electron chi connectivity index (χ1n) is 26.7. The van der Waals surface area contributed by atoms with Crippen LogP contribution in [0.5, 0.6) is 0 Å². The molecule has 0 aliphatic heterocycles. The number of hydrogen-bond donors (Lipinski definition) is 1. The van der Waals surface area contributed by atoms with Gasteiger partial charge in [-0.05, 0) is 83.8 Å². The average Bonchev–Trinajstić information content (AvgIpc) is 3.25. The molecular formula is C52H105N3O5. The minimum atomic E-state index is -0.0985. The van der Waals surface area contributed by atoms with E-state index in [9.17, 15) is 14.7 Å². The minimum Gasteiger partial charge on any atom is -0.449 e. The first-order chi connectivity index (χ1) is 29.5. The van der Waals surface area contributed by atoms with Crippen molar-refractivity contribution >= 4 is 12.2 Å². The summed E-state index contributed by atoms with van der Waals surface area (Å²) in [5, 5.41) is 9.35. The van der Waals surface area contributed by atoms with Gasteiger partial charge in [0.1, 0.15) is 0 Å². The Kier molecular flexibility index (Phi) is 47.2. The maximum atomic E-state index is 13.0. The van der Waals surface area contributed by atoms with E-state index >= 15 is 0 Å². The third-order valence-corrected chi connectivity index (χ3v) is 12.2. The van der Waals surface area contributed by atoms with E-state index in [-0.39, 0.29) is 18.8 Å². The van der Waals surface area contributed by atoms with Crippen molar-refractivity contribution in [2.24, 2.45) is 0 Å². The lowest BCUT2D eigenvalue weighted by Crippen LogP contribution is -2.33. The van der Waals surface area contributed by atoms with E-state index in [1.54, 1.807) is 0 Å². The third kappa shape index (κ3) is 40.5. The van der Waals surface area contributed by atoms with Gasteiger partial charge in [-0.25, -0.2) is 9.59 Å². The van der Waals surface area contributed by atoms with Gasteiger partial charge >= 0.3 is 12.2 Å². The number of carbonyl (C=O) groups excluding carboxylic acids is 2. The summed E-state index contributed by atoms with van der Waals surface area (Å²) >= 11 is 0. The van der Waals surface area contributed by atoms with E-state index in [0.717, 1.165) is 110 Å². The second-order valence-corrected chi connectivity index (χ2v) is 18.1. The van der Waals surface area contributed by atoms with E-state index in [4.69, 9.17) is 9.47 Å². The number of nitrogens with zero attached hydrogens (tertiary/aromatic N) is 3. The molecule has 0 rings (SSSR count). The fourth-order valence-corrected chi connectivity index (χ4v) is 8.14. The largest absolute Gasteiger partial charge is 0.449 e. The first kappa shape index (κ1) is 58.5. The van der Waals surface area contributed by atoms with Gasteiger partial charge in [0.15, 0.2) is 0 Å². The summed E-state index contributed by atoms with van der Waals surface area (Å²) in [5.41, 5.74) is 0. The molecule has 0 bridgehead atoms. The summed E-state index contributed by atoms with van der Waals surface area (Å²) in [6, 6.07) is 0. The van der Waals surface area contributed by atoms with E-state index < -0.39 is 0 Å². The molecule has 1 N–H and O–H groups in total. The molecule has 8 heteroatoms. The van der Waals surface area contributed by atoms with Crippen LogP contribution < -0.4 is 0 Å². The Bertz CT molecular complexity index is 781. The number of carbonyl (C=O) groups is 2. The summed E-state index contributed by atoms with van der Waals surface area (Å²) in [6.07, 6.45) is 42.8. The number of aliphatic hydroxyl groups is 1. The van der Waals surface area contributed by atoms with Crippen LogP contribution in [-0.2, 0) is 9.47 Å². The Morgan fingerprint density at radius 2 is 0.550 bits per heavy atom. The van der Waals surface area contributed by atoms with Crippen LogP contribution >= 0.6 is 0 Å². The molecule has 0 saturated carbocycles. The monoisotopic (exact) mass is 852 g/mol. The fraction of sp³-hybridized carbons (Fsp3) is 0.962. The van der Waals surface area contributed by atoms with Crippen LogP contribution in [0.1, 0.15) is 259 Å². The van der Waals surface area contributed by atoms with Crippen molar-refractivity contribution in [1.29, 1.82) is 0 Å². The normalized spacial score (nSPS) is 11.4. The van der Waals surface area contributed by atoms with Crippen LogP contribution in [0.3, 0.4) is 0 Å². The lowest BCUT2D eigenvalue weighted by Gasteiger charge is -2.23. The van der Waals surface area contributed by atoms with Gasteiger partial charge in [-0.3, -0.25) is 0 Å². The van der Waals surface area contributed by atoms with Crippen molar-refractivity contribution in [1.82, 2.24) is 14.7 Å². The zero-order chi connectivity index (χ0) is 43.8. The number of ether oxygens (including phenoxy) is 2. The van der Waals surface area contributed by atoms with Crippen molar-refractivity contribution in [3.05, 3.63) is 0 Å². The molecule has 0 aliphatic rings. The van der Waals surface area contributed by atoms with E-state index in [1.807, 2.05) is 9.80 Å². The van der Waals surface area contributed by atoms with Crippen LogP contribution in [0.4, 0.5) is 9.59 Å². The van der Waals surface area contributed by atoms with Crippen LogP contribution in [0.15, 0.2) is 0 Å². The van der Waals surface area contributed by atoms with Crippen molar-refractivity contribution in [3.63, 3.8) is 0 Å². The van der Waals surface area contributed by atoms with Gasteiger partial charge in [-0.1, -0.05) is 195 Å². The highest BCUT2D eigenvalue weighted by Gasteiger charge is 2.16. The van der Waals surface area contributed by atoms with Gasteiger partial charge in [-0.2, -0.15) is 0 Å². The molecule has 358 valence electrons. The SMILES string of the molecule is CCCCCCCCN(CCCCCCCC)C(=O)OCCCCCCCN(CCCCO)CCCCCCCOC(=O)N(CCCCCCCC)CCCCCCCC. The van der Waals surface area contributed by atoms with Crippen molar-refractivity contribution in [2.45, 2.75) is 259 Å². The molecule has 0 saturated heterocycles. The summed E-state index contributed by atoms with van der Waals surface area (Å²) in [6.45, 7) is 17.0. The predicted octanol–water partition coefficient (Wildman–Crippen LogP) is 15.3. The van der Waals surface area contributed by atoms with Crippen molar-refractivity contribution in [2.75, 3.05) is 65.6 Å². The quantitative estimate of drug-likeness (QED) is 0.0614. The zero-order valence-electron chi connectivity index (χ0n) is 40.9. The number of hydrogen-bond acceptors (Lipinski definition) is 6. The molecule has 0 radical (unpaired) electrons. The van der Waals surface area contributed by atoms with Gasteiger partial charge < -0.3 is 29.3 Å². The summed E-state index contributed by atoms with van der Waals surface area (Å²) < 4.78 is 11.6. The van der Waals surface area contributed by atoms with Gasteiger partial charge in [0, 0.05) is 32.8 Å². The summed E-state index contributed by atoms with van der Waals surface area (Å²) in [4.78, 5) is 32.6. The predicted molar refractivity (Wildman–Crippen MR) is 258 cm³/mol. The molecule has 0 fully saturated rings. The molecule has 0 aromatic carbocycles. The van der Waals surface area contributed by atoms with Crippen LogP contribution in [0, 0.1) is 0 Å². The van der Waals surface area contributed by atoms with Gasteiger partial charge in [0.2, 0.25) is 0 Å². The highest BCUT2D eigenvalue weighted by molar-refractivity contribution is 5.67.